The van der Waals surface area contributed by atoms with Crippen LogP contribution in [0.4, 0.5) is 0 Å². The van der Waals surface area contributed by atoms with Gasteiger partial charge in [0.15, 0.2) is 5.78 Å². The first-order valence-electron chi connectivity index (χ1n) is 5.12. The lowest BCUT2D eigenvalue weighted by Gasteiger charge is -2.07. The molecule has 0 heterocycles. The molecule has 0 atom stereocenters. The number of ketones is 1. The van der Waals surface area contributed by atoms with Crippen molar-refractivity contribution >= 4 is 15.5 Å². The van der Waals surface area contributed by atoms with Gasteiger partial charge in [-0.1, -0.05) is 17.7 Å². The van der Waals surface area contributed by atoms with E-state index in [1.54, 1.807) is 6.92 Å². The summed E-state index contributed by atoms with van der Waals surface area (Å²) in [4.78, 5) is 20.1. The van der Waals surface area contributed by atoms with Crippen molar-refractivity contribution in [3.63, 3.8) is 0 Å². The van der Waals surface area contributed by atoms with Crippen LogP contribution in [-0.2, 0) is 6.42 Å². The largest absolute Gasteiger partial charge is 0.432 e. The Kier molecular flexibility index (Phi) is 4.72. The maximum absolute atomic E-state index is 11.4. The predicted octanol–water partition coefficient (Wildman–Crippen LogP) is 2.16. The van der Waals surface area contributed by atoms with Gasteiger partial charge >= 0.3 is 0 Å². The Bertz CT molecular complexity index is 347. The highest BCUT2D eigenvalue weighted by atomic mass is 28.2. The van der Waals surface area contributed by atoms with Crippen molar-refractivity contribution in [2.24, 2.45) is 0 Å². The van der Waals surface area contributed by atoms with E-state index < -0.39 is 0 Å². The van der Waals surface area contributed by atoms with E-state index in [-0.39, 0.29) is 15.5 Å². The fourth-order valence-electron chi connectivity index (χ4n) is 1.59. The Balaban J connectivity index is 2.81. The van der Waals surface area contributed by atoms with Crippen LogP contribution in [0.1, 0.15) is 34.8 Å². The zero-order valence-corrected chi connectivity index (χ0v) is 10.2. The summed E-state index contributed by atoms with van der Waals surface area (Å²) in [5.74, 6) is 0.125. The van der Waals surface area contributed by atoms with Gasteiger partial charge in [-0.3, -0.25) is 4.79 Å². The van der Waals surface area contributed by atoms with Gasteiger partial charge in [0.2, 0.25) is 9.76 Å². The summed E-state index contributed by atoms with van der Waals surface area (Å²) in [6, 6.07) is 6.82. The van der Waals surface area contributed by atoms with Crippen molar-refractivity contribution in [1.29, 1.82) is 0 Å². The van der Waals surface area contributed by atoms with Crippen LogP contribution in [0.5, 0.6) is 0 Å². The van der Waals surface area contributed by atoms with Crippen LogP contribution in [0, 0.1) is 6.92 Å². The number of Topliss-reactive ketones (excluding diaryl/α,β-unsaturated/α-hetero) is 1. The lowest BCUT2D eigenvalue weighted by atomic mass is 9.98. The second kappa shape index (κ2) is 5.83. The van der Waals surface area contributed by atoms with E-state index in [9.17, 15) is 4.79 Å². The summed E-state index contributed by atoms with van der Waals surface area (Å²) in [7, 11) is 0.0135. The molecule has 1 aromatic rings. The number of carbonyl (C=O) groups excluding carboxylic acids is 1. The van der Waals surface area contributed by atoms with Gasteiger partial charge in [0, 0.05) is 5.56 Å². The topological polar surface area (TPSA) is 37.3 Å². The van der Waals surface area contributed by atoms with Crippen LogP contribution in [-0.4, -0.2) is 20.3 Å². The summed E-state index contributed by atoms with van der Waals surface area (Å²) in [5.41, 5.74) is 3.05. The molecule has 0 aliphatic rings. The first-order valence-corrected chi connectivity index (χ1v) is 6.28. The van der Waals surface area contributed by atoms with Gasteiger partial charge in [-0.05, 0) is 44.4 Å². The lowest BCUT2D eigenvalue weighted by molar-refractivity contribution is 0.101. The molecule has 0 unspecified atom stereocenters. The minimum Gasteiger partial charge on any atom is -0.432 e. The standard InChI is InChI=1S/C12H16O2Si/c1-9-5-6-11(4-3-7-15-14)12(8-9)10(2)13/h5-6,8,14H,3-4,7H2,1-2H3. The third-order valence-electron chi connectivity index (χ3n) is 2.38. The second-order valence-corrected chi connectivity index (χ2v) is 4.54. The van der Waals surface area contributed by atoms with E-state index in [1.807, 2.05) is 25.1 Å². The number of carbonyl (C=O) groups is 1. The Labute approximate surface area is 93.3 Å². The average Bonchev–Trinajstić information content (AvgIpc) is 2.20. The maximum Gasteiger partial charge on any atom is 0.224 e. The Morgan fingerprint density at radius 3 is 2.80 bits per heavy atom. The van der Waals surface area contributed by atoms with Gasteiger partial charge < -0.3 is 4.80 Å². The van der Waals surface area contributed by atoms with Crippen molar-refractivity contribution in [2.75, 3.05) is 0 Å². The second-order valence-electron chi connectivity index (χ2n) is 3.73. The van der Waals surface area contributed by atoms with Crippen molar-refractivity contribution in [3.05, 3.63) is 34.9 Å². The highest BCUT2D eigenvalue weighted by Crippen LogP contribution is 2.15. The molecule has 1 aromatic carbocycles. The van der Waals surface area contributed by atoms with E-state index >= 15 is 0 Å². The average molecular weight is 220 g/mol. The minimum atomic E-state index is 0.0135. The van der Waals surface area contributed by atoms with E-state index in [1.165, 1.54) is 0 Å². The molecule has 0 amide bonds. The Morgan fingerprint density at radius 1 is 1.47 bits per heavy atom. The van der Waals surface area contributed by atoms with Crippen LogP contribution in [0.25, 0.3) is 0 Å². The van der Waals surface area contributed by atoms with E-state index in [0.29, 0.717) is 0 Å². The number of benzene rings is 1. The molecule has 15 heavy (non-hydrogen) atoms. The molecule has 1 N–H and O–H groups in total. The van der Waals surface area contributed by atoms with Gasteiger partial charge in [-0.15, -0.1) is 0 Å². The third-order valence-corrected chi connectivity index (χ3v) is 2.96. The van der Waals surface area contributed by atoms with Gasteiger partial charge in [0.1, 0.15) is 0 Å². The number of rotatable bonds is 5. The summed E-state index contributed by atoms with van der Waals surface area (Å²) < 4.78 is 0. The van der Waals surface area contributed by atoms with Crippen LogP contribution in [0.3, 0.4) is 0 Å². The SMILES string of the molecule is CC(=O)c1cc(C)ccc1CCC[Si]O. The zero-order chi connectivity index (χ0) is 11.3. The normalized spacial score (nSPS) is 10.3. The van der Waals surface area contributed by atoms with Gasteiger partial charge in [0.25, 0.3) is 0 Å². The predicted molar refractivity (Wildman–Crippen MR) is 62.3 cm³/mol. The van der Waals surface area contributed by atoms with E-state index in [4.69, 9.17) is 4.80 Å². The van der Waals surface area contributed by atoms with Crippen LogP contribution in [0.2, 0.25) is 6.04 Å². The van der Waals surface area contributed by atoms with Crippen molar-refractivity contribution < 1.29 is 9.59 Å². The lowest BCUT2D eigenvalue weighted by Crippen LogP contribution is -2.01. The van der Waals surface area contributed by atoms with Crippen LogP contribution >= 0.6 is 0 Å². The van der Waals surface area contributed by atoms with Gasteiger partial charge in [-0.25, -0.2) is 0 Å². The Morgan fingerprint density at radius 2 is 2.20 bits per heavy atom. The molecule has 2 radical (unpaired) electrons. The smallest absolute Gasteiger partial charge is 0.224 e. The Hall–Kier alpha value is -0.933. The van der Waals surface area contributed by atoms with Crippen LogP contribution < -0.4 is 0 Å². The van der Waals surface area contributed by atoms with Crippen LogP contribution in [0.15, 0.2) is 18.2 Å². The summed E-state index contributed by atoms with van der Waals surface area (Å²) in [6.07, 6.45) is 1.82. The highest BCUT2D eigenvalue weighted by Gasteiger charge is 2.06. The van der Waals surface area contributed by atoms with Crippen molar-refractivity contribution in [2.45, 2.75) is 32.7 Å². The molecule has 0 aliphatic heterocycles. The van der Waals surface area contributed by atoms with Crippen molar-refractivity contribution in [3.8, 4) is 0 Å². The molecule has 1 rings (SSSR count). The van der Waals surface area contributed by atoms with Gasteiger partial charge in [-0.2, -0.15) is 0 Å². The highest BCUT2D eigenvalue weighted by molar-refractivity contribution is 6.25. The molecule has 0 aromatic heterocycles. The monoisotopic (exact) mass is 220 g/mol. The molecule has 0 spiro atoms. The first kappa shape index (κ1) is 12.1. The molecule has 0 aliphatic carbocycles. The molecule has 2 nitrogen and oxygen atoms in total. The molecule has 0 saturated carbocycles. The quantitative estimate of drug-likeness (QED) is 0.469. The molecule has 3 heteroatoms. The number of aryl methyl sites for hydroxylation is 2. The maximum atomic E-state index is 11.4. The number of hydrogen-bond donors (Lipinski definition) is 1. The van der Waals surface area contributed by atoms with E-state index in [0.717, 1.165) is 35.6 Å². The molecular weight excluding hydrogens is 204 g/mol. The fourth-order valence-corrected chi connectivity index (χ4v) is 1.93. The summed E-state index contributed by atoms with van der Waals surface area (Å²) >= 11 is 0. The summed E-state index contributed by atoms with van der Waals surface area (Å²) in [6.45, 7) is 3.59. The third kappa shape index (κ3) is 3.61. The number of hydrogen-bond acceptors (Lipinski definition) is 2. The fraction of sp³-hybridized carbons (Fsp3) is 0.417. The van der Waals surface area contributed by atoms with E-state index in [2.05, 4.69) is 0 Å². The first-order chi connectivity index (χ1) is 7.15. The summed E-state index contributed by atoms with van der Waals surface area (Å²) in [5, 5.41) is 0. The van der Waals surface area contributed by atoms with Crippen molar-refractivity contribution in [1.82, 2.24) is 0 Å². The zero-order valence-electron chi connectivity index (χ0n) is 9.21. The minimum absolute atomic E-state index is 0.0135. The molecule has 0 fully saturated rings. The molecule has 0 saturated heterocycles. The van der Waals surface area contributed by atoms with Gasteiger partial charge in [0.05, 0.1) is 0 Å². The molecular formula is C12H16O2Si. The molecule has 80 valence electrons. The molecule has 0 bridgehead atoms.